The van der Waals surface area contributed by atoms with E-state index >= 15 is 0 Å². The number of aromatic amines is 1. The third kappa shape index (κ3) is 2.59. The van der Waals surface area contributed by atoms with Crippen LogP contribution in [-0.4, -0.2) is 40.5 Å². The Balaban J connectivity index is 1.52. The zero-order valence-corrected chi connectivity index (χ0v) is 11.3. The minimum atomic E-state index is 0.570. The molecule has 2 aliphatic rings. The van der Waals surface area contributed by atoms with Gasteiger partial charge in [-0.3, -0.25) is 0 Å². The molecule has 1 aromatic heterocycles. The van der Waals surface area contributed by atoms with Gasteiger partial charge in [-0.1, -0.05) is 13.3 Å². The van der Waals surface area contributed by atoms with Crippen molar-refractivity contribution in [1.82, 2.24) is 20.2 Å². The highest BCUT2D eigenvalue weighted by Crippen LogP contribution is 2.27. The number of fused-ring (bicyclic) bond motifs is 1. The molecule has 4 heteroatoms. The Kier molecular flexibility index (Phi) is 3.66. The van der Waals surface area contributed by atoms with E-state index in [1.165, 1.54) is 50.3 Å². The van der Waals surface area contributed by atoms with Crippen molar-refractivity contribution in [3.8, 4) is 0 Å². The van der Waals surface area contributed by atoms with Crippen LogP contribution in [0.3, 0.4) is 0 Å². The molecule has 18 heavy (non-hydrogen) atoms. The zero-order chi connectivity index (χ0) is 12.4. The van der Waals surface area contributed by atoms with Gasteiger partial charge in [-0.05, 0) is 25.3 Å². The number of likely N-dealkylation sites (N-methyl/N-ethyl adjacent to an activating group) is 1. The average molecular weight is 248 g/mol. The number of nitrogens with one attached hydrogen (secondary N) is 2. The summed E-state index contributed by atoms with van der Waals surface area (Å²) in [4.78, 5) is 10.2. The molecule has 0 aromatic carbocycles. The Bertz CT molecular complexity index is 383. The number of aromatic nitrogens is 2. The summed E-state index contributed by atoms with van der Waals surface area (Å²) in [6.45, 7) is 6.85. The van der Waals surface area contributed by atoms with Crippen LogP contribution in [-0.2, 0) is 13.0 Å². The second-order valence-electron chi connectivity index (χ2n) is 5.76. The monoisotopic (exact) mass is 248 g/mol. The second kappa shape index (κ2) is 5.41. The van der Waals surface area contributed by atoms with Gasteiger partial charge in [-0.15, -0.1) is 0 Å². The lowest BCUT2D eigenvalue weighted by atomic mass is 9.85. The fraction of sp³-hybridized carbons (Fsp3) is 0.786. The summed E-state index contributed by atoms with van der Waals surface area (Å²) in [5, 5.41) is 3.62. The Morgan fingerprint density at radius 3 is 3.00 bits per heavy atom. The van der Waals surface area contributed by atoms with Crippen molar-refractivity contribution in [3.05, 3.63) is 17.7 Å². The van der Waals surface area contributed by atoms with Gasteiger partial charge in [0, 0.05) is 32.1 Å². The normalized spacial score (nSPS) is 24.0. The van der Waals surface area contributed by atoms with Gasteiger partial charge in [0.2, 0.25) is 0 Å². The molecule has 0 saturated heterocycles. The standard InChI is InChI=1S/C14H24N4/c1-2-18(8-11-4-3-5-11)9-12-6-13-14(7-15-12)17-10-16-13/h10-12,15H,2-9H2,1H3,(H,16,17). The van der Waals surface area contributed by atoms with Gasteiger partial charge in [0.1, 0.15) is 0 Å². The van der Waals surface area contributed by atoms with Gasteiger partial charge in [-0.2, -0.15) is 0 Å². The molecular formula is C14H24N4. The highest BCUT2D eigenvalue weighted by molar-refractivity contribution is 5.15. The fourth-order valence-electron chi connectivity index (χ4n) is 3.04. The first kappa shape index (κ1) is 12.2. The SMILES string of the molecule is CCN(CC1CCC1)CC1Cc2nc[nH]c2CN1. The van der Waals surface area contributed by atoms with E-state index in [4.69, 9.17) is 0 Å². The van der Waals surface area contributed by atoms with Gasteiger partial charge in [0.05, 0.1) is 17.7 Å². The highest BCUT2D eigenvalue weighted by Gasteiger charge is 2.24. The molecule has 100 valence electrons. The molecule has 1 aliphatic carbocycles. The second-order valence-corrected chi connectivity index (χ2v) is 5.76. The molecule has 1 unspecified atom stereocenters. The van der Waals surface area contributed by atoms with Crippen LogP contribution in [0.1, 0.15) is 37.6 Å². The summed E-state index contributed by atoms with van der Waals surface area (Å²) in [7, 11) is 0. The van der Waals surface area contributed by atoms with Crippen molar-refractivity contribution in [1.29, 1.82) is 0 Å². The van der Waals surface area contributed by atoms with Crippen LogP contribution in [0.4, 0.5) is 0 Å². The van der Waals surface area contributed by atoms with Crippen molar-refractivity contribution >= 4 is 0 Å². The number of imidazole rings is 1. The first-order valence-corrected chi connectivity index (χ1v) is 7.32. The van der Waals surface area contributed by atoms with E-state index in [9.17, 15) is 0 Å². The van der Waals surface area contributed by atoms with Gasteiger partial charge < -0.3 is 15.2 Å². The van der Waals surface area contributed by atoms with Gasteiger partial charge in [-0.25, -0.2) is 4.98 Å². The number of hydrogen-bond acceptors (Lipinski definition) is 3. The quantitative estimate of drug-likeness (QED) is 0.831. The first-order chi connectivity index (χ1) is 8.85. The molecule has 1 aromatic rings. The lowest BCUT2D eigenvalue weighted by molar-refractivity contribution is 0.167. The summed E-state index contributed by atoms with van der Waals surface area (Å²) in [5.41, 5.74) is 2.53. The molecule has 1 saturated carbocycles. The molecule has 1 fully saturated rings. The lowest BCUT2D eigenvalue weighted by Gasteiger charge is -2.34. The van der Waals surface area contributed by atoms with E-state index in [1.807, 2.05) is 6.33 Å². The Labute approximate surface area is 109 Å². The minimum Gasteiger partial charge on any atom is -0.347 e. The lowest BCUT2D eigenvalue weighted by Crippen LogP contribution is -2.46. The van der Waals surface area contributed by atoms with E-state index in [2.05, 4.69) is 27.1 Å². The molecule has 1 aliphatic heterocycles. The van der Waals surface area contributed by atoms with E-state index in [-0.39, 0.29) is 0 Å². The van der Waals surface area contributed by atoms with E-state index in [0.717, 1.165) is 18.9 Å². The summed E-state index contributed by atoms with van der Waals surface area (Å²) in [5.74, 6) is 0.967. The predicted octanol–water partition coefficient (Wildman–Crippen LogP) is 1.55. The van der Waals surface area contributed by atoms with Crippen molar-refractivity contribution in [2.75, 3.05) is 19.6 Å². The third-order valence-electron chi connectivity index (χ3n) is 4.48. The molecule has 0 bridgehead atoms. The Hall–Kier alpha value is -0.870. The summed E-state index contributed by atoms with van der Waals surface area (Å²) in [6.07, 6.45) is 7.22. The van der Waals surface area contributed by atoms with Crippen molar-refractivity contribution < 1.29 is 0 Å². The van der Waals surface area contributed by atoms with Gasteiger partial charge in [0.25, 0.3) is 0 Å². The molecule has 2 heterocycles. The molecule has 3 rings (SSSR count). The van der Waals surface area contributed by atoms with Crippen LogP contribution < -0.4 is 5.32 Å². The third-order valence-corrected chi connectivity index (χ3v) is 4.48. The smallest absolute Gasteiger partial charge is 0.0925 e. The average Bonchev–Trinajstić information content (AvgIpc) is 2.79. The Morgan fingerprint density at radius 2 is 2.28 bits per heavy atom. The number of hydrogen-bond donors (Lipinski definition) is 2. The summed E-state index contributed by atoms with van der Waals surface area (Å²) >= 11 is 0. The number of H-pyrrole nitrogens is 1. The maximum atomic E-state index is 4.41. The molecular weight excluding hydrogens is 224 g/mol. The van der Waals surface area contributed by atoms with Crippen molar-refractivity contribution in [2.45, 2.75) is 45.2 Å². The maximum absolute atomic E-state index is 4.41. The number of rotatable bonds is 5. The minimum absolute atomic E-state index is 0.570. The topological polar surface area (TPSA) is 44.0 Å². The van der Waals surface area contributed by atoms with Crippen LogP contribution in [0.15, 0.2) is 6.33 Å². The molecule has 0 spiro atoms. The summed E-state index contributed by atoms with van der Waals surface area (Å²) < 4.78 is 0. The fourth-order valence-corrected chi connectivity index (χ4v) is 3.04. The van der Waals surface area contributed by atoms with Gasteiger partial charge in [0.15, 0.2) is 0 Å². The van der Waals surface area contributed by atoms with E-state index in [1.54, 1.807) is 0 Å². The zero-order valence-electron chi connectivity index (χ0n) is 11.3. The van der Waals surface area contributed by atoms with E-state index in [0.29, 0.717) is 6.04 Å². The van der Waals surface area contributed by atoms with E-state index < -0.39 is 0 Å². The predicted molar refractivity (Wildman–Crippen MR) is 72.4 cm³/mol. The first-order valence-electron chi connectivity index (χ1n) is 7.32. The van der Waals surface area contributed by atoms with Gasteiger partial charge >= 0.3 is 0 Å². The molecule has 4 nitrogen and oxygen atoms in total. The van der Waals surface area contributed by atoms with Crippen LogP contribution in [0.25, 0.3) is 0 Å². The van der Waals surface area contributed by atoms with Crippen molar-refractivity contribution in [2.24, 2.45) is 5.92 Å². The molecule has 2 N–H and O–H groups in total. The molecule has 0 amide bonds. The number of nitrogens with zero attached hydrogens (tertiary/aromatic N) is 2. The maximum Gasteiger partial charge on any atom is 0.0925 e. The summed E-state index contributed by atoms with van der Waals surface area (Å²) in [6, 6.07) is 0.570. The molecule has 0 radical (unpaired) electrons. The van der Waals surface area contributed by atoms with Crippen LogP contribution in [0.2, 0.25) is 0 Å². The van der Waals surface area contributed by atoms with Crippen molar-refractivity contribution in [3.63, 3.8) is 0 Å². The molecule has 1 atom stereocenters. The van der Waals surface area contributed by atoms with Crippen LogP contribution in [0.5, 0.6) is 0 Å². The Morgan fingerprint density at radius 1 is 1.39 bits per heavy atom. The van der Waals surface area contributed by atoms with Crippen LogP contribution in [0, 0.1) is 5.92 Å². The van der Waals surface area contributed by atoms with Crippen LogP contribution >= 0.6 is 0 Å². The largest absolute Gasteiger partial charge is 0.347 e. The highest BCUT2D eigenvalue weighted by atomic mass is 15.2.